The van der Waals surface area contributed by atoms with E-state index in [4.69, 9.17) is 4.74 Å². The third kappa shape index (κ3) is 5.85. The first-order valence-corrected chi connectivity index (χ1v) is 10.6. The largest absolute Gasteiger partial charge is 0.382 e. The Bertz CT molecular complexity index is 952. The number of hydrogen-bond acceptors (Lipinski definition) is 5. The summed E-state index contributed by atoms with van der Waals surface area (Å²) >= 11 is 0. The van der Waals surface area contributed by atoms with Crippen LogP contribution in [0.15, 0.2) is 18.5 Å². The molecule has 2 aromatic heterocycles. The molecule has 13 heteroatoms. The molecule has 2 amide bonds. The summed E-state index contributed by atoms with van der Waals surface area (Å²) in [6.07, 6.45) is 1.24. The Morgan fingerprint density at radius 3 is 2.70 bits per heavy atom. The van der Waals surface area contributed by atoms with E-state index in [1.165, 1.54) is 12.0 Å². The van der Waals surface area contributed by atoms with Gasteiger partial charge >= 0.3 is 6.03 Å². The number of carbonyl (C=O) groups excluding carboxylic acids is 1. The number of rotatable bonds is 8. The van der Waals surface area contributed by atoms with Crippen molar-refractivity contribution >= 4 is 24.1 Å². The van der Waals surface area contributed by atoms with Crippen LogP contribution in [-0.2, 0) is 11.3 Å². The summed E-state index contributed by atoms with van der Waals surface area (Å²) < 4.78 is 59.5. The summed E-state index contributed by atoms with van der Waals surface area (Å²) in [5.41, 5.74) is 1.84. The van der Waals surface area contributed by atoms with Crippen LogP contribution in [0.3, 0.4) is 0 Å². The van der Waals surface area contributed by atoms with Crippen molar-refractivity contribution in [3.05, 3.63) is 29.7 Å². The number of imidazole rings is 1. The van der Waals surface area contributed by atoms with Gasteiger partial charge in [0, 0.05) is 44.6 Å². The number of methoxy groups -OCH3 is 1. The topological polar surface area (TPSA) is 83.8 Å². The molecule has 2 aromatic rings. The highest BCUT2D eigenvalue weighted by Gasteiger charge is 2.39. The maximum absolute atomic E-state index is 13.3. The van der Waals surface area contributed by atoms with Gasteiger partial charge in [0.25, 0.3) is 6.43 Å². The summed E-state index contributed by atoms with van der Waals surface area (Å²) in [5, 5.41) is 9.90. The van der Waals surface area contributed by atoms with E-state index in [0.717, 1.165) is 0 Å². The second-order valence-electron chi connectivity index (χ2n) is 8.35. The highest BCUT2D eigenvalue weighted by atomic mass is 35.5. The number of ether oxygens (including phenoxy) is 1. The van der Waals surface area contributed by atoms with Crippen molar-refractivity contribution in [3.8, 4) is 0 Å². The number of amides is 2. The molecule has 4 rings (SSSR count). The fourth-order valence-corrected chi connectivity index (χ4v) is 4.22. The second-order valence-corrected chi connectivity index (χ2v) is 8.35. The van der Waals surface area contributed by atoms with Crippen molar-refractivity contribution in [3.63, 3.8) is 0 Å². The first kappa shape index (κ1) is 25.4. The second kappa shape index (κ2) is 10.4. The lowest BCUT2D eigenvalue weighted by Crippen LogP contribution is -2.36. The third-order valence-corrected chi connectivity index (χ3v) is 6.03. The monoisotopic (exact) mass is 494 g/mol. The highest BCUT2D eigenvalue weighted by molar-refractivity contribution is 5.85. The molecule has 3 heterocycles. The maximum Gasteiger partial charge on any atom is 0.318 e. The molecule has 0 bridgehead atoms. The first-order valence-electron chi connectivity index (χ1n) is 10.6. The fourth-order valence-electron chi connectivity index (χ4n) is 4.22. The summed E-state index contributed by atoms with van der Waals surface area (Å²) in [5.74, 6) is -2.57. The van der Waals surface area contributed by atoms with Crippen LogP contribution in [0.1, 0.15) is 43.0 Å². The molecule has 2 aliphatic rings. The summed E-state index contributed by atoms with van der Waals surface area (Å²) in [6.45, 7) is 0.392. The van der Waals surface area contributed by atoms with Crippen molar-refractivity contribution in [1.29, 1.82) is 0 Å². The van der Waals surface area contributed by atoms with E-state index in [9.17, 15) is 22.4 Å². The third-order valence-electron chi connectivity index (χ3n) is 6.03. The van der Waals surface area contributed by atoms with E-state index in [1.54, 1.807) is 23.0 Å². The molecule has 1 saturated carbocycles. The van der Waals surface area contributed by atoms with Gasteiger partial charge in [0.15, 0.2) is 5.65 Å². The number of nitrogens with zero attached hydrogens (tertiary/aromatic N) is 4. The van der Waals surface area contributed by atoms with Crippen molar-refractivity contribution in [1.82, 2.24) is 30.1 Å². The Balaban J connectivity index is 0.00000306. The minimum atomic E-state index is -2.66. The van der Waals surface area contributed by atoms with Gasteiger partial charge in [-0.05, 0) is 18.9 Å². The van der Waals surface area contributed by atoms with Gasteiger partial charge < -0.3 is 20.3 Å². The number of carbonyl (C=O) groups is 1. The predicted octanol–water partition coefficient (Wildman–Crippen LogP) is 3.17. The normalized spacial score (nSPS) is 21.9. The highest BCUT2D eigenvalue weighted by Crippen LogP contribution is 2.33. The molecule has 33 heavy (non-hydrogen) atoms. The zero-order valence-corrected chi connectivity index (χ0v) is 18.8. The molecule has 1 aliphatic heterocycles. The van der Waals surface area contributed by atoms with E-state index in [2.05, 4.69) is 20.7 Å². The SMILES string of the molecule is COC[C@H](c1cnn2cc(CNC3CCC(F)(F)CC3)nc2c1)N1C[C@@H](C(F)F)NC1=O.Cl. The van der Waals surface area contributed by atoms with Crippen LogP contribution >= 0.6 is 12.4 Å². The van der Waals surface area contributed by atoms with Gasteiger partial charge in [0.1, 0.15) is 6.04 Å². The molecule has 0 aromatic carbocycles. The average molecular weight is 495 g/mol. The van der Waals surface area contributed by atoms with Crippen LogP contribution in [-0.4, -0.2) is 70.2 Å². The van der Waals surface area contributed by atoms with Crippen LogP contribution in [0, 0.1) is 0 Å². The zero-order chi connectivity index (χ0) is 22.9. The Morgan fingerprint density at radius 2 is 2.06 bits per heavy atom. The Hall–Kier alpha value is -2.18. The van der Waals surface area contributed by atoms with Gasteiger partial charge in [-0.2, -0.15) is 5.10 Å². The molecule has 1 aliphatic carbocycles. The quantitative estimate of drug-likeness (QED) is 0.551. The van der Waals surface area contributed by atoms with E-state index in [1.807, 2.05) is 0 Å². The Kier molecular flexibility index (Phi) is 8.01. The molecular weight excluding hydrogens is 468 g/mol. The number of halogens is 5. The molecule has 0 unspecified atom stereocenters. The molecule has 2 atom stereocenters. The van der Waals surface area contributed by atoms with Crippen LogP contribution in [0.25, 0.3) is 5.65 Å². The van der Waals surface area contributed by atoms with Gasteiger partial charge in [-0.25, -0.2) is 31.9 Å². The minimum Gasteiger partial charge on any atom is -0.382 e. The molecular formula is C20H27ClF4N6O2. The molecule has 184 valence electrons. The zero-order valence-electron chi connectivity index (χ0n) is 18.0. The molecule has 1 saturated heterocycles. The lowest BCUT2D eigenvalue weighted by Gasteiger charge is -2.28. The van der Waals surface area contributed by atoms with Crippen molar-refractivity contribution in [2.24, 2.45) is 0 Å². The van der Waals surface area contributed by atoms with Gasteiger partial charge in [0.2, 0.25) is 5.92 Å². The number of aromatic nitrogens is 3. The predicted molar refractivity (Wildman–Crippen MR) is 114 cm³/mol. The average Bonchev–Trinajstić information content (AvgIpc) is 3.34. The number of hydrogen-bond donors (Lipinski definition) is 2. The molecule has 2 N–H and O–H groups in total. The number of nitrogens with one attached hydrogen (secondary N) is 2. The molecule has 2 fully saturated rings. The van der Waals surface area contributed by atoms with Crippen molar-refractivity contribution in [2.75, 3.05) is 20.3 Å². The maximum atomic E-state index is 13.3. The lowest BCUT2D eigenvalue weighted by atomic mass is 9.92. The van der Waals surface area contributed by atoms with Crippen molar-refractivity contribution < 1.29 is 27.1 Å². The van der Waals surface area contributed by atoms with Gasteiger partial charge in [-0.3, -0.25) is 0 Å². The summed E-state index contributed by atoms with van der Waals surface area (Å²) in [6, 6.07) is -0.649. The van der Waals surface area contributed by atoms with Gasteiger partial charge in [0.05, 0.1) is 30.7 Å². The standard InChI is InChI=1S/C20H26F4N6O2.ClH/c1-32-11-16(29-10-15(18(21)22)28-19(29)31)12-6-17-27-14(9-30(17)26-7-12)8-25-13-2-4-20(23,24)5-3-13;/h6-7,9,13,15-16,18,25H,2-5,8,10-11H2,1H3,(H,28,31);1H/t15-,16+;/m0./s1. The number of urea groups is 1. The van der Waals surface area contributed by atoms with E-state index in [-0.39, 0.29) is 44.4 Å². The molecule has 8 nitrogen and oxygen atoms in total. The van der Waals surface area contributed by atoms with Crippen LogP contribution < -0.4 is 10.6 Å². The number of fused-ring (bicyclic) bond motifs is 1. The van der Waals surface area contributed by atoms with Crippen LogP contribution in [0.2, 0.25) is 0 Å². The molecule has 0 radical (unpaired) electrons. The van der Waals surface area contributed by atoms with Gasteiger partial charge in [-0.1, -0.05) is 0 Å². The fraction of sp³-hybridized carbons (Fsp3) is 0.650. The summed E-state index contributed by atoms with van der Waals surface area (Å²) in [4.78, 5) is 18.1. The number of alkyl halides is 4. The Morgan fingerprint density at radius 1 is 1.33 bits per heavy atom. The van der Waals surface area contributed by atoms with E-state index >= 15 is 0 Å². The van der Waals surface area contributed by atoms with E-state index in [0.29, 0.717) is 36.3 Å². The summed E-state index contributed by atoms with van der Waals surface area (Å²) in [7, 11) is 1.47. The van der Waals surface area contributed by atoms with Crippen LogP contribution in [0.4, 0.5) is 22.4 Å². The van der Waals surface area contributed by atoms with Crippen LogP contribution in [0.5, 0.6) is 0 Å². The Labute approximate surface area is 194 Å². The smallest absolute Gasteiger partial charge is 0.318 e. The lowest BCUT2D eigenvalue weighted by molar-refractivity contribution is -0.0405. The first-order chi connectivity index (χ1) is 15.3. The van der Waals surface area contributed by atoms with Crippen molar-refractivity contribution in [2.45, 2.75) is 62.7 Å². The van der Waals surface area contributed by atoms with E-state index < -0.39 is 30.5 Å². The molecule has 0 spiro atoms. The minimum absolute atomic E-state index is 0. The van der Waals surface area contributed by atoms with Gasteiger partial charge in [-0.15, -0.1) is 12.4 Å².